The van der Waals surface area contributed by atoms with E-state index in [0.29, 0.717) is 26.2 Å². The van der Waals surface area contributed by atoms with Gasteiger partial charge in [-0.2, -0.15) is 4.31 Å². The van der Waals surface area contributed by atoms with Gasteiger partial charge < -0.3 is 4.90 Å². The molecule has 0 bridgehead atoms. The zero-order valence-corrected chi connectivity index (χ0v) is 12.8. The molecule has 2 aromatic rings. The van der Waals surface area contributed by atoms with Crippen LogP contribution in [0.25, 0.3) is 10.9 Å². The number of hydrogen-bond acceptors (Lipinski definition) is 4. The van der Waals surface area contributed by atoms with E-state index in [4.69, 9.17) is 0 Å². The Balaban J connectivity index is 1.88. The first kappa shape index (κ1) is 14.9. The highest BCUT2D eigenvalue weighted by molar-refractivity contribution is 7.92. The first-order valence-corrected chi connectivity index (χ1v) is 8.43. The van der Waals surface area contributed by atoms with Crippen molar-refractivity contribution in [2.24, 2.45) is 0 Å². The molecule has 1 saturated heterocycles. The number of fused-ring (bicyclic) bond motifs is 1. The van der Waals surface area contributed by atoms with Crippen molar-refractivity contribution in [2.45, 2.75) is 0 Å². The van der Waals surface area contributed by atoms with Crippen molar-refractivity contribution in [1.82, 2.24) is 9.29 Å². The van der Waals surface area contributed by atoms with Crippen LogP contribution in [0.1, 0.15) is 0 Å². The molecule has 2 heterocycles. The van der Waals surface area contributed by atoms with E-state index in [0.717, 1.165) is 22.0 Å². The molecule has 0 unspecified atom stereocenters. The van der Waals surface area contributed by atoms with Gasteiger partial charge in [-0.1, -0.05) is 6.58 Å². The summed E-state index contributed by atoms with van der Waals surface area (Å²) in [7, 11) is -3.38. The van der Waals surface area contributed by atoms with Crippen molar-refractivity contribution in [2.75, 3.05) is 31.1 Å². The van der Waals surface area contributed by atoms with Gasteiger partial charge in [-0.15, -0.1) is 0 Å². The number of halogens is 1. The second-order valence-corrected chi connectivity index (χ2v) is 6.97. The van der Waals surface area contributed by atoms with Gasteiger partial charge in [0.1, 0.15) is 5.82 Å². The molecule has 1 aliphatic heterocycles. The molecule has 0 amide bonds. The Morgan fingerprint density at radius 3 is 2.59 bits per heavy atom. The molecule has 0 atom stereocenters. The van der Waals surface area contributed by atoms with Gasteiger partial charge >= 0.3 is 0 Å². The molecule has 0 N–H and O–H groups in total. The monoisotopic (exact) mass is 321 g/mol. The van der Waals surface area contributed by atoms with Crippen LogP contribution >= 0.6 is 0 Å². The average Bonchev–Trinajstić information content (AvgIpc) is 2.54. The zero-order valence-electron chi connectivity index (χ0n) is 11.9. The van der Waals surface area contributed by atoms with Gasteiger partial charge in [0, 0.05) is 48.9 Å². The Hall–Kier alpha value is -1.99. The van der Waals surface area contributed by atoms with E-state index in [1.807, 2.05) is 6.07 Å². The van der Waals surface area contributed by atoms with E-state index in [9.17, 15) is 12.8 Å². The van der Waals surface area contributed by atoms with Crippen molar-refractivity contribution < 1.29 is 12.8 Å². The maximum Gasteiger partial charge on any atom is 0.235 e. The second kappa shape index (κ2) is 5.66. The highest BCUT2D eigenvalue weighted by atomic mass is 32.2. The summed E-state index contributed by atoms with van der Waals surface area (Å²) < 4.78 is 38.5. The molecular weight excluding hydrogens is 305 g/mol. The van der Waals surface area contributed by atoms with Crippen LogP contribution in [0.3, 0.4) is 0 Å². The number of aromatic nitrogens is 1. The number of sulfonamides is 1. The highest BCUT2D eigenvalue weighted by Crippen LogP contribution is 2.27. The summed E-state index contributed by atoms with van der Waals surface area (Å²) in [5, 5.41) is 1.71. The van der Waals surface area contributed by atoms with Crippen molar-refractivity contribution in [1.29, 1.82) is 0 Å². The van der Waals surface area contributed by atoms with Gasteiger partial charge in [0.2, 0.25) is 10.0 Å². The fraction of sp³-hybridized carbons (Fsp3) is 0.267. The molecule has 1 aromatic carbocycles. The largest absolute Gasteiger partial charge is 0.368 e. The predicted octanol–water partition coefficient (Wildman–Crippen LogP) is 1.97. The fourth-order valence-electron chi connectivity index (χ4n) is 2.67. The van der Waals surface area contributed by atoms with Crippen LogP contribution in [0.5, 0.6) is 0 Å². The third-order valence-electron chi connectivity index (χ3n) is 3.83. The molecule has 1 aromatic heterocycles. The van der Waals surface area contributed by atoms with Crippen LogP contribution in [0.4, 0.5) is 10.1 Å². The molecule has 7 heteroatoms. The first-order valence-electron chi connectivity index (χ1n) is 6.93. The van der Waals surface area contributed by atoms with E-state index < -0.39 is 10.0 Å². The number of nitrogens with zero attached hydrogens (tertiary/aromatic N) is 3. The zero-order chi connectivity index (χ0) is 15.7. The summed E-state index contributed by atoms with van der Waals surface area (Å²) in [5.74, 6) is -0.311. The first-order chi connectivity index (χ1) is 10.5. The summed E-state index contributed by atoms with van der Waals surface area (Å²) >= 11 is 0. The third-order valence-corrected chi connectivity index (χ3v) is 5.34. The Morgan fingerprint density at radius 1 is 1.18 bits per heavy atom. The lowest BCUT2D eigenvalue weighted by Crippen LogP contribution is -2.48. The standard InChI is InChI=1S/C15H16FN3O2S/c1-2-22(20,21)19-9-7-18(8-10-19)15-5-6-17-14-4-3-12(16)11-13(14)15/h2-6,11H,1,7-10H2. The third kappa shape index (κ3) is 2.69. The Kier molecular flexibility index (Phi) is 3.84. The van der Waals surface area contributed by atoms with E-state index in [-0.39, 0.29) is 5.82 Å². The normalized spacial score (nSPS) is 16.9. The fourth-order valence-corrected chi connectivity index (χ4v) is 3.55. The molecule has 22 heavy (non-hydrogen) atoms. The molecule has 0 saturated carbocycles. The summed E-state index contributed by atoms with van der Waals surface area (Å²) in [4.78, 5) is 6.29. The molecule has 5 nitrogen and oxygen atoms in total. The minimum atomic E-state index is -3.38. The molecule has 0 spiro atoms. The number of piperazine rings is 1. The number of anilines is 1. The molecule has 116 valence electrons. The van der Waals surface area contributed by atoms with Crippen LogP contribution < -0.4 is 4.90 Å². The van der Waals surface area contributed by atoms with Crippen LogP contribution in [0.2, 0.25) is 0 Å². The second-order valence-electron chi connectivity index (χ2n) is 5.09. The van der Waals surface area contributed by atoms with Crippen LogP contribution in [-0.2, 0) is 10.0 Å². The Labute approximate surface area is 128 Å². The van der Waals surface area contributed by atoms with Gasteiger partial charge in [0.25, 0.3) is 0 Å². The summed E-state index contributed by atoms with van der Waals surface area (Å²) in [6.45, 7) is 5.20. The lowest BCUT2D eigenvalue weighted by atomic mass is 10.1. The Morgan fingerprint density at radius 2 is 1.91 bits per heavy atom. The van der Waals surface area contributed by atoms with Crippen LogP contribution in [0, 0.1) is 5.82 Å². The average molecular weight is 321 g/mol. The van der Waals surface area contributed by atoms with Crippen molar-refractivity contribution in [3.63, 3.8) is 0 Å². The summed E-state index contributed by atoms with van der Waals surface area (Å²) in [5.41, 5.74) is 1.60. The van der Waals surface area contributed by atoms with E-state index in [2.05, 4.69) is 16.5 Å². The maximum absolute atomic E-state index is 13.5. The minimum absolute atomic E-state index is 0.311. The lowest BCUT2D eigenvalue weighted by molar-refractivity contribution is 0.390. The van der Waals surface area contributed by atoms with Gasteiger partial charge in [0.15, 0.2) is 0 Å². The molecule has 0 aliphatic carbocycles. The molecular formula is C15H16FN3O2S. The number of benzene rings is 1. The van der Waals surface area contributed by atoms with Crippen LogP contribution in [-0.4, -0.2) is 43.9 Å². The lowest BCUT2D eigenvalue weighted by Gasteiger charge is -2.35. The molecule has 0 radical (unpaired) electrons. The maximum atomic E-state index is 13.5. The van der Waals surface area contributed by atoms with Crippen molar-refractivity contribution in [3.05, 3.63) is 48.3 Å². The highest BCUT2D eigenvalue weighted by Gasteiger charge is 2.25. The van der Waals surface area contributed by atoms with E-state index in [1.165, 1.54) is 16.4 Å². The predicted molar refractivity (Wildman–Crippen MR) is 84.6 cm³/mol. The topological polar surface area (TPSA) is 53.5 Å². The van der Waals surface area contributed by atoms with Gasteiger partial charge in [-0.25, -0.2) is 12.8 Å². The molecule has 1 fully saturated rings. The minimum Gasteiger partial charge on any atom is -0.368 e. The molecule has 3 rings (SSSR count). The number of pyridine rings is 1. The SMILES string of the molecule is C=CS(=O)(=O)N1CCN(c2ccnc3ccc(F)cc23)CC1. The van der Waals surface area contributed by atoms with Crippen LogP contribution in [0.15, 0.2) is 42.4 Å². The van der Waals surface area contributed by atoms with Gasteiger partial charge in [-0.3, -0.25) is 4.98 Å². The quantitative estimate of drug-likeness (QED) is 0.867. The van der Waals surface area contributed by atoms with Gasteiger partial charge in [-0.05, 0) is 24.3 Å². The van der Waals surface area contributed by atoms with Crippen molar-refractivity contribution in [3.8, 4) is 0 Å². The van der Waals surface area contributed by atoms with E-state index in [1.54, 1.807) is 12.3 Å². The summed E-state index contributed by atoms with van der Waals surface area (Å²) in [6, 6.07) is 6.32. The van der Waals surface area contributed by atoms with Crippen molar-refractivity contribution >= 4 is 26.6 Å². The van der Waals surface area contributed by atoms with Gasteiger partial charge in [0.05, 0.1) is 5.52 Å². The summed E-state index contributed by atoms with van der Waals surface area (Å²) in [6.07, 6.45) is 1.68. The Bertz CT molecular complexity index is 815. The molecule has 1 aliphatic rings. The number of hydrogen-bond donors (Lipinski definition) is 0. The smallest absolute Gasteiger partial charge is 0.235 e. The number of rotatable bonds is 3. The van der Waals surface area contributed by atoms with E-state index >= 15 is 0 Å².